The molecule has 1 unspecified atom stereocenters. The highest BCUT2D eigenvalue weighted by atomic mass is 16.5. The minimum atomic E-state index is -0.198. The minimum absolute atomic E-state index is 0.0295. The number of carbonyl (C=O) groups excluding carboxylic acids is 1. The van der Waals surface area contributed by atoms with Crippen LogP contribution in [0.25, 0.3) is 0 Å². The van der Waals surface area contributed by atoms with Gasteiger partial charge in [0.2, 0.25) is 0 Å². The third-order valence-electron chi connectivity index (χ3n) is 3.22. The van der Waals surface area contributed by atoms with Gasteiger partial charge < -0.3 is 15.2 Å². The van der Waals surface area contributed by atoms with Gasteiger partial charge in [-0.3, -0.25) is 4.79 Å². The average Bonchev–Trinajstić information content (AvgIpc) is 2.36. The number of rotatable bonds is 5. The summed E-state index contributed by atoms with van der Waals surface area (Å²) in [5, 5.41) is 0. The van der Waals surface area contributed by atoms with Crippen molar-refractivity contribution in [2.45, 2.75) is 33.2 Å². The summed E-state index contributed by atoms with van der Waals surface area (Å²) in [6.45, 7) is 6.06. The van der Waals surface area contributed by atoms with Gasteiger partial charge in [0.05, 0.1) is 19.8 Å². The van der Waals surface area contributed by atoms with E-state index in [1.807, 2.05) is 20.8 Å². The Labute approximate surface area is 114 Å². The number of benzene rings is 1. The molecule has 106 valence electrons. The van der Waals surface area contributed by atoms with Crippen LogP contribution in [-0.4, -0.2) is 26.0 Å². The summed E-state index contributed by atoms with van der Waals surface area (Å²) in [5.74, 6) is 1.15. The van der Waals surface area contributed by atoms with Crippen LogP contribution in [0.2, 0.25) is 0 Å². The number of ketones is 1. The summed E-state index contributed by atoms with van der Waals surface area (Å²) in [4.78, 5) is 12.3. The molecule has 0 aliphatic heterocycles. The third kappa shape index (κ3) is 3.96. The molecule has 4 nitrogen and oxygen atoms in total. The Hall–Kier alpha value is -1.55. The molecule has 0 aliphatic rings. The summed E-state index contributed by atoms with van der Waals surface area (Å²) >= 11 is 0. The minimum Gasteiger partial charge on any atom is -0.497 e. The summed E-state index contributed by atoms with van der Waals surface area (Å²) in [5.41, 5.74) is 6.46. The molecule has 0 heterocycles. The number of methoxy groups -OCH3 is 2. The second-order valence-corrected chi connectivity index (χ2v) is 5.67. The lowest BCUT2D eigenvalue weighted by atomic mass is 9.83. The Morgan fingerprint density at radius 2 is 1.89 bits per heavy atom. The van der Waals surface area contributed by atoms with Gasteiger partial charge in [0.25, 0.3) is 0 Å². The lowest BCUT2D eigenvalue weighted by Gasteiger charge is -2.26. The quantitative estimate of drug-likeness (QED) is 0.831. The first kappa shape index (κ1) is 15.5. The highest BCUT2D eigenvalue weighted by Gasteiger charge is 2.25. The van der Waals surface area contributed by atoms with E-state index >= 15 is 0 Å². The van der Waals surface area contributed by atoms with Gasteiger partial charge in [-0.2, -0.15) is 0 Å². The SMILES string of the molecule is COc1ccc(OC)c(C(=O)CC(N)C(C)(C)C)c1. The highest BCUT2D eigenvalue weighted by molar-refractivity contribution is 5.99. The number of nitrogens with two attached hydrogens (primary N) is 1. The van der Waals surface area contributed by atoms with Crippen LogP contribution < -0.4 is 15.2 Å². The second-order valence-electron chi connectivity index (χ2n) is 5.67. The molecule has 0 bridgehead atoms. The first-order valence-electron chi connectivity index (χ1n) is 6.30. The van der Waals surface area contributed by atoms with Gasteiger partial charge >= 0.3 is 0 Å². The maximum atomic E-state index is 12.3. The van der Waals surface area contributed by atoms with Crippen molar-refractivity contribution in [1.82, 2.24) is 0 Å². The van der Waals surface area contributed by atoms with Crippen molar-refractivity contribution in [3.63, 3.8) is 0 Å². The van der Waals surface area contributed by atoms with E-state index in [-0.39, 0.29) is 23.7 Å². The van der Waals surface area contributed by atoms with Gasteiger partial charge in [-0.1, -0.05) is 20.8 Å². The molecule has 1 rings (SSSR count). The smallest absolute Gasteiger partial charge is 0.168 e. The third-order valence-corrected chi connectivity index (χ3v) is 3.22. The van der Waals surface area contributed by atoms with Crippen molar-refractivity contribution < 1.29 is 14.3 Å². The van der Waals surface area contributed by atoms with E-state index in [1.54, 1.807) is 32.4 Å². The van der Waals surface area contributed by atoms with Crippen LogP contribution in [0.4, 0.5) is 0 Å². The van der Waals surface area contributed by atoms with Crippen LogP contribution in [-0.2, 0) is 0 Å². The molecule has 0 saturated heterocycles. The summed E-state index contributed by atoms with van der Waals surface area (Å²) in [6.07, 6.45) is 0.285. The van der Waals surface area contributed by atoms with E-state index in [9.17, 15) is 4.79 Å². The molecule has 0 aliphatic carbocycles. The zero-order valence-corrected chi connectivity index (χ0v) is 12.3. The molecule has 0 spiro atoms. The van der Waals surface area contributed by atoms with Gasteiger partial charge in [0, 0.05) is 12.5 Å². The predicted molar refractivity (Wildman–Crippen MR) is 75.9 cm³/mol. The van der Waals surface area contributed by atoms with E-state index in [0.29, 0.717) is 17.1 Å². The normalized spacial score (nSPS) is 12.9. The van der Waals surface area contributed by atoms with Crippen molar-refractivity contribution in [1.29, 1.82) is 0 Å². The lowest BCUT2D eigenvalue weighted by molar-refractivity contribution is 0.0950. The van der Waals surface area contributed by atoms with Gasteiger partial charge in [-0.05, 0) is 23.6 Å². The van der Waals surface area contributed by atoms with E-state index in [4.69, 9.17) is 15.2 Å². The first-order chi connectivity index (χ1) is 8.79. The van der Waals surface area contributed by atoms with Crippen LogP contribution >= 0.6 is 0 Å². The maximum absolute atomic E-state index is 12.3. The lowest BCUT2D eigenvalue weighted by Crippen LogP contribution is -2.37. The van der Waals surface area contributed by atoms with Crippen molar-refractivity contribution in [2.24, 2.45) is 11.1 Å². The van der Waals surface area contributed by atoms with Crippen molar-refractivity contribution in [3.05, 3.63) is 23.8 Å². The van der Waals surface area contributed by atoms with E-state index < -0.39 is 0 Å². The number of carbonyl (C=O) groups is 1. The van der Waals surface area contributed by atoms with E-state index in [0.717, 1.165) is 0 Å². The predicted octanol–water partition coefficient (Wildman–Crippen LogP) is 2.65. The highest BCUT2D eigenvalue weighted by Crippen LogP contribution is 2.27. The zero-order valence-electron chi connectivity index (χ0n) is 12.3. The number of Topliss-reactive ketones (excluding diaryl/α,β-unsaturated/α-hetero) is 1. The molecule has 0 radical (unpaired) electrons. The Morgan fingerprint density at radius 3 is 2.37 bits per heavy atom. The van der Waals surface area contributed by atoms with Crippen LogP contribution in [0.1, 0.15) is 37.6 Å². The Balaban J connectivity index is 2.98. The summed E-state index contributed by atoms with van der Waals surface area (Å²) in [6, 6.07) is 4.99. The average molecular weight is 265 g/mol. The fraction of sp³-hybridized carbons (Fsp3) is 0.533. The Kier molecular flexibility index (Phi) is 4.95. The fourth-order valence-electron chi connectivity index (χ4n) is 1.65. The number of hydrogen-bond acceptors (Lipinski definition) is 4. The molecule has 1 aromatic carbocycles. The standard InChI is InChI=1S/C15H23NO3/c1-15(2,3)14(16)9-12(17)11-8-10(18-4)6-7-13(11)19-5/h6-8,14H,9,16H2,1-5H3. The summed E-state index contributed by atoms with van der Waals surface area (Å²) in [7, 11) is 3.11. The molecule has 1 aromatic rings. The molecule has 0 aromatic heterocycles. The number of hydrogen-bond donors (Lipinski definition) is 1. The largest absolute Gasteiger partial charge is 0.497 e. The first-order valence-corrected chi connectivity index (χ1v) is 6.30. The molecule has 0 saturated carbocycles. The zero-order chi connectivity index (χ0) is 14.6. The Morgan fingerprint density at radius 1 is 1.26 bits per heavy atom. The molecule has 4 heteroatoms. The molecule has 0 fully saturated rings. The maximum Gasteiger partial charge on any atom is 0.168 e. The number of ether oxygens (including phenoxy) is 2. The Bertz CT molecular complexity index is 449. The topological polar surface area (TPSA) is 61.5 Å². The molecular formula is C15H23NO3. The van der Waals surface area contributed by atoms with Gasteiger partial charge in [-0.25, -0.2) is 0 Å². The van der Waals surface area contributed by atoms with Crippen molar-refractivity contribution in [2.75, 3.05) is 14.2 Å². The van der Waals surface area contributed by atoms with E-state index in [2.05, 4.69) is 0 Å². The monoisotopic (exact) mass is 265 g/mol. The molecule has 0 amide bonds. The van der Waals surface area contributed by atoms with Crippen molar-refractivity contribution in [3.8, 4) is 11.5 Å². The van der Waals surface area contributed by atoms with Gasteiger partial charge in [0.15, 0.2) is 5.78 Å². The van der Waals surface area contributed by atoms with Crippen LogP contribution in [0.3, 0.4) is 0 Å². The fourth-order valence-corrected chi connectivity index (χ4v) is 1.65. The van der Waals surface area contributed by atoms with Gasteiger partial charge in [0.1, 0.15) is 11.5 Å². The molecule has 2 N–H and O–H groups in total. The van der Waals surface area contributed by atoms with Crippen LogP contribution in [0, 0.1) is 5.41 Å². The second kappa shape index (κ2) is 6.06. The molecule has 19 heavy (non-hydrogen) atoms. The van der Waals surface area contributed by atoms with Crippen LogP contribution in [0.5, 0.6) is 11.5 Å². The summed E-state index contributed by atoms with van der Waals surface area (Å²) < 4.78 is 10.4. The van der Waals surface area contributed by atoms with Crippen molar-refractivity contribution >= 4 is 5.78 Å². The van der Waals surface area contributed by atoms with Gasteiger partial charge in [-0.15, -0.1) is 0 Å². The molecule has 1 atom stereocenters. The van der Waals surface area contributed by atoms with Crippen LogP contribution in [0.15, 0.2) is 18.2 Å². The molecular weight excluding hydrogens is 242 g/mol. The van der Waals surface area contributed by atoms with E-state index in [1.165, 1.54) is 0 Å².